The molecule has 2 aromatic carbocycles. The van der Waals surface area contributed by atoms with E-state index >= 15 is 0 Å². The summed E-state index contributed by atoms with van der Waals surface area (Å²) in [5.74, 6) is -15.2. The van der Waals surface area contributed by atoms with Crippen LogP contribution in [0.15, 0.2) is 48.5 Å². The quantitative estimate of drug-likeness (QED) is 0.135. The fourth-order valence-electron chi connectivity index (χ4n) is 2.63. The molecule has 0 amide bonds. The molecule has 14 heteroatoms. The van der Waals surface area contributed by atoms with Gasteiger partial charge in [0, 0.05) is 0 Å². The maximum absolute atomic E-state index is 13.6. The van der Waals surface area contributed by atoms with Crippen LogP contribution in [0.25, 0.3) is 0 Å². The molecule has 0 bridgehead atoms. The van der Waals surface area contributed by atoms with Crippen LogP contribution in [-0.2, 0) is 4.79 Å². The van der Waals surface area contributed by atoms with Crippen LogP contribution in [0.1, 0.15) is 30.6 Å². The van der Waals surface area contributed by atoms with Gasteiger partial charge >= 0.3 is 36.3 Å². The van der Waals surface area contributed by atoms with Crippen LogP contribution in [-0.4, -0.2) is 41.7 Å². The summed E-state index contributed by atoms with van der Waals surface area (Å²) in [7, 11) is 0. The summed E-state index contributed by atoms with van der Waals surface area (Å²) in [6, 6.07) is 8.30. The Hall–Kier alpha value is -3.09. The van der Waals surface area contributed by atoms with Gasteiger partial charge in [-0.2, -0.15) is 35.1 Å². The Kier molecular flexibility index (Phi) is 9.39. The molecule has 5 nitrogen and oxygen atoms in total. The minimum Gasteiger partial charge on any atom is -0.454 e. The summed E-state index contributed by atoms with van der Waals surface area (Å²) in [6.07, 6.45) is -10.7. The van der Waals surface area contributed by atoms with E-state index in [0.29, 0.717) is 18.6 Å². The fourth-order valence-corrected chi connectivity index (χ4v) is 3.03. The molecular weight excluding hydrogens is 544 g/mol. The van der Waals surface area contributed by atoms with Crippen LogP contribution >= 0.6 is 11.6 Å². The number of esters is 2. The van der Waals surface area contributed by atoms with E-state index in [4.69, 9.17) is 21.1 Å². The summed E-state index contributed by atoms with van der Waals surface area (Å²) < 4.78 is 117. The second kappa shape index (κ2) is 11.5. The Morgan fingerprint density at radius 1 is 0.811 bits per heavy atom. The second-order valence-corrected chi connectivity index (χ2v) is 8.56. The van der Waals surface area contributed by atoms with Crippen molar-refractivity contribution in [2.45, 2.75) is 50.0 Å². The van der Waals surface area contributed by atoms with Gasteiger partial charge in [0.25, 0.3) is 0 Å². The van der Waals surface area contributed by atoms with Crippen LogP contribution in [0.4, 0.5) is 35.1 Å². The van der Waals surface area contributed by atoms with E-state index in [1.807, 2.05) is 13.8 Å². The number of rotatable bonds is 10. The van der Waals surface area contributed by atoms with Crippen molar-refractivity contribution in [3.05, 3.63) is 54.1 Å². The van der Waals surface area contributed by atoms with E-state index in [1.54, 1.807) is 0 Å². The van der Waals surface area contributed by atoms with Gasteiger partial charge in [0.15, 0.2) is 0 Å². The van der Waals surface area contributed by atoms with Crippen molar-refractivity contribution < 1.29 is 58.9 Å². The van der Waals surface area contributed by atoms with Gasteiger partial charge in [-0.25, -0.2) is 4.79 Å². The minimum absolute atomic E-state index is 0.00687. The van der Waals surface area contributed by atoms with Crippen molar-refractivity contribution >= 4 is 23.5 Å². The van der Waals surface area contributed by atoms with Crippen molar-refractivity contribution in [3.63, 3.8) is 0 Å². The molecule has 0 N–H and O–H groups in total. The summed E-state index contributed by atoms with van der Waals surface area (Å²) in [5, 5.41) is -0.857. The van der Waals surface area contributed by atoms with Gasteiger partial charge in [-0.1, -0.05) is 13.8 Å². The van der Waals surface area contributed by atoms with E-state index in [0.717, 1.165) is 12.1 Å². The normalized spacial score (nSPS) is 14.2. The Morgan fingerprint density at radius 2 is 1.27 bits per heavy atom. The lowest BCUT2D eigenvalue weighted by molar-refractivity contribution is -0.379. The smallest absolute Gasteiger partial charge is 0.454 e. The van der Waals surface area contributed by atoms with Crippen LogP contribution in [0.2, 0.25) is 0 Å². The molecule has 0 fully saturated rings. The molecule has 37 heavy (non-hydrogen) atoms. The average molecular weight is 563 g/mol. The highest BCUT2D eigenvalue weighted by molar-refractivity contribution is 6.30. The van der Waals surface area contributed by atoms with Crippen LogP contribution in [0.5, 0.6) is 17.2 Å². The van der Waals surface area contributed by atoms with Crippen LogP contribution in [0, 0.1) is 5.92 Å². The molecule has 0 saturated heterocycles. The number of carbonyl (C=O) groups is 2. The number of carbonyl (C=O) groups excluding carboxylic acids is 2. The first-order chi connectivity index (χ1) is 17.0. The van der Waals surface area contributed by atoms with Crippen molar-refractivity contribution in [2.24, 2.45) is 5.92 Å². The highest BCUT2D eigenvalue weighted by Crippen LogP contribution is 2.49. The summed E-state index contributed by atoms with van der Waals surface area (Å²) in [4.78, 5) is 24.2. The lowest BCUT2D eigenvalue weighted by Gasteiger charge is -2.30. The third-order valence-corrected chi connectivity index (χ3v) is 4.93. The molecule has 2 aromatic rings. The third kappa shape index (κ3) is 7.46. The largest absolute Gasteiger partial charge is 0.460 e. The molecule has 0 aromatic heterocycles. The number of ether oxygens (including phenoxy) is 3. The predicted molar refractivity (Wildman–Crippen MR) is 114 cm³/mol. The Balaban J connectivity index is 1.99. The Morgan fingerprint density at radius 3 is 1.73 bits per heavy atom. The van der Waals surface area contributed by atoms with Gasteiger partial charge in [-0.05, 0) is 60.9 Å². The summed E-state index contributed by atoms with van der Waals surface area (Å²) >= 11 is 5.95. The lowest BCUT2D eigenvalue weighted by atomic mass is 10.1. The van der Waals surface area contributed by atoms with Crippen molar-refractivity contribution in [3.8, 4) is 17.2 Å². The molecule has 0 heterocycles. The van der Waals surface area contributed by atoms with Crippen molar-refractivity contribution in [1.82, 2.24) is 0 Å². The van der Waals surface area contributed by atoms with E-state index in [-0.39, 0.29) is 23.0 Å². The van der Waals surface area contributed by atoms with Gasteiger partial charge in [0.2, 0.25) is 0 Å². The van der Waals surface area contributed by atoms with Crippen LogP contribution in [0.3, 0.4) is 0 Å². The molecule has 0 aliphatic heterocycles. The van der Waals surface area contributed by atoms with E-state index in [1.165, 1.54) is 24.3 Å². The number of halogens is 9. The first-order valence-corrected chi connectivity index (χ1v) is 10.8. The monoisotopic (exact) mass is 562 g/mol. The molecule has 2 unspecified atom stereocenters. The van der Waals surface area contributed by atoms with Gasteiger partial charge in [0.1, 0.15) is 22.6 Å². The fraction of sp³-hybridized carbons (Fsp3) is 0.391. The standard InChI is InChI=1S/C23H19ClF8O5/c1-12(2)11-17(24)19(34)36-15-9-7-14(8-10-15)35-18(33)13-3-5-16(6-4-13)37-20(25)21(26,27)22(28,29)23(30,31)32/h3-10,12,17,20H,11H2,1-2H3. The van der Waals surface area contributed by atoms with Crippen molar-refractivity contribution in [1.29, 1.82) is 0 Å². The van der Waals surface area contributed by atoms with Crippen molar-refractivity contribution in [2.75, 3.05) is 0 Å². The highest BCUT2D eigenvalue weighted by Gasteiger charge is 2.77. The maximum Gasteiger partial charge on any atom is 0.460 e. The molecular formula is C23H19ClF8O5. The van der Waals surface area contributed by atoms with Gasteiger partial charge in [0.05, 0.1) is 5.56 Å². The average Bonchev–Trinajstić information content (AvgIpc) is 2.79. The number of hydrogen-bond acceptors (Lipinski definition) is 5. The lowest BCUT2D eigenvalue weighted by Crippen LogP contribution is -2.58. The van der Waals surface area contributed by atoms with Gasteiger partial charge in [-0.3, -0.25) is 4.79 Å². The zero-order valence-electron chi connectivity index (χ0n) is 19.0. The molecule has 0 saturated carbocycles. The molecule has 0 spiro atoms. The maximum atomic E-state index is 13.6. The minimum atomic E-state index is -6.72. The molecule has 204 valence electrons. The molecule has 0 aliphatic carbocycles. The first kappa shape index (κ1) is 30.1. The number of benzene rings is 2. The van der Waals surface area contributed by atoms with Crippen LogP contribution < -0.4 is 14.2 Å². The Labute approximate surface area is 210 Å². The SMILES string of the molecule is CC(C)CC(Cl)C(=O)Oc1ccc(OC(=O)c2ccc(OC(F)C(F)(F)C(F)(F)C(F)(F)F)cc2)cc1. The molecule has 0 aliphatic rings. The van der Waals surface area contributed by atoms with Gasteiger partial charge < -0.3 is 14.2 Å². The van der Waals surface area contributed by atoms with E-state index in [2.05, 4.69) is 4.74 Å². The second-order valence-electron chi connectivity index (χ2n) is 8.03. The van der Waals surface area contributed by atoms with E-state index < -0.39 is 47.4 Å². The zero-order chi connectivity index (χ0) is 28.2. The summed E-state index contributed by atoms with van der Waals surface area (Å²) in [6.45, 7) is 3.75. The van der Waals surface area contributed by atoms with Gasteiger partial charge in [-0.15, -0.1) is 11.6 Å². The predicted octanol–water partition coefficient (Wildman–Crippen LogP) is 6.97. The molecule has 2 atom stereocenters. The molecule has 2 rings (SSSR count). The Bertz CT molecular complexity index is 1070. The molecule has 0 radical (unpaired) electrons. The topological polar surface area (TPSA) is 61.8 Å². The van der Waals surface area contributed by atoms with E-state index in [9.17, 15) is 44.7 Å². The zero-order valence-corrected chi connectivity index (χ0v) is 19.8. The first-order valence-electron chi connectivity index (χ1n) is 10.4. The highest BCUT2D eigenvalue weighted by atomic mass is 35.5. The number of hydrogen-bond donors (Lipinski definition) is 0. The number of alkyl halides is 9. The third-order valence-electron chi connectivity index (χ3n) is 4.58. The summed E-state index contributed by atoms with van der Waals surface area (Å²) in [5.41, 5.74) is -0.232.